The van der Waals surface area contributed by atoms with Crippen molar-refractivity contribution in [3.05, 3.63) is 41.5 Å². The highest BCUT2D eigenvalue weighted by Crippen LogP contribution is 2.55. The van der Waals surface area contributed by atoms with Crippen molar-refractivity contribution < 1.29 is 33.2 Å². The van der Waals surface area contributed by atoms with Crippen molar-refractivity contribution in [3.63, 3.8) is 0 Å². The Morgan fingerprint density at radius 1 is 1.03 bits per heavy atom. The average Bonchev–Trinajstić information content (AvgIpc) is 3.54. The molecular weight excluding hydrogens is 438 g/mol. The van der Waals surface area contributed by atoms with Crippen LogP contribution in [0, 0.1) is 5.92 Å². The highest BCUT2D eigenvalue weighted by atomic mass is 16.7. The summed E-state index contributed by atoms with van der Waals surface area (Å²) in [5.74, 6) is 1.90. The van der Waals surface area contributed by atoms with Crippen LogP contribution in [0.15, 0.2) is 30.3 Å². The lowest BCUT2D eigenvalue weighted by molar-refractivity contribution is -0.174. The first kappa shape index (κ1) is 22.7. The van der Waals surface area contributed by atoms with E-state index in [2.05, 4.69) is 4.90 Å². The maximum absolute atomic E-state index is 13.7. The monoisotopic (exact) mass is 469 g/mol. The fourth-order valence-electron chi connectivity index (χ4n) is 5.48. The van der Waals surface area contributed by atoms with Crippen LogP contribution in [0.25, 0.3) is 0 Å². The molecule has 2 aromatic carbocycles. The van der Waals surface area contributed by atoms with Crippen molar-refractivity contribution in [2.24, 2.45) is 5.92 Å². The molecule has 8 nitrogen and oxygen atoms in total. The van der Waals surface area contributed by atoms with E-state index in [0.29, 0.717) is 28.7 Å². The number of rotatable bonds is 6. The summed E-state index contributed by atoms with van der Waals surface area (Å²) in [5, 5.41) is 0. The van der Waals surface area contributed by atoms with E-state index in [-0.39, 0.29) is 19.4 Å². The summed E-state index contributed by atoms with van der Waals surface area (Å²) in [6.45, 7) is 5.95. The molecular formula is C26H31NO7. The molecule has 0 aliphatic carbocycles. The third-order valence-electron chi connectivity index (χ3n) is 7.12. The minimum atomic E-state index is -0.918. The Morgan fingerprint density at radius 3 is 2.44 bits per heavy atom. The SMILES string of the molecule is CCOC(=O)[C@@H]1[C@H](c2ccc(OC)cc2OC)c2cc3c(cc2O[C@@]1(C)N1CCCC1)OCO3. The Labute approximate surface area is 199 Å². The number of nitrogens with zero attached hydrogens (tertiary/aromatic N) is 1. The molecule has 3 aliphatic heterocycles. The molecule has 0 amide bonds. The smallest absolute Gasteiger partial charge is 0.315 e. The van der Waals surface area contributed by atoms with Gasteiger partial charge in [0.15, 0.2) is 17.2 Å². The number of fused-ring (bicyclic) bond motifs is 2. The fourth-order valence-corrected chi connectivity index (χ4v) is 5.48. The molecule has 0 N–H and O–H groups in total. The van der Waals surface area contributed by atoms with Crippen molar-refractivity contribution in [2.75, 3.05) is 40.7 Å². The normalized spacial score (nSPS) is 25.4. The lowest BCUT2D eigenvalue weighted by atomic mass is 9.72. The van der Waals surface area contributed by atoms with Crippen LogP contribution in [0.5, 0.6) is 28.7 Å². The first-order valence-electron chi connectivity index (χ1n) is 11.8. The highest BCUT2D eigenvalue weighted by Gasteiger charge is 2.56. The zero-order valence-electron chi connectivity index (χ0n) is 20.1. The van der Waals surface area contributed by atoms with Gasteiger partial charge in [0.05, 0.1) is 20.8 Å². The fraction of sp³-hybridized carbons (Fsp3) is 0.500. The number of likely N-dealkylation sites (tertiary alicyclic amines) is 1. The van der Waals surface area contributed by atoms with Crippen molar-refractivity contribution in [2.45, 2.75) is 38.3 Å². The summed E-state index contributed by atoms with van der Waals surface area (Å²) in [6, 6.07) is 9.47. The maximum Gasteiger partial charge on any atom is 0.315 e. The predicted molar refractivity (Wildman–Crippen MR) is 124 cm³/mol. The van der Waals surface area contributed by atoms with E-state index >= 15 is 0 Å². The van der Waals surface area contributed by atoms with Crippen LogP contribution in [-0.4, -0.2) is 57.3 Å². The van der Waals surface area contributed by atoms with E-state index in [9.17, 15) is 4.79 Å². The maximum atomic E-state index is 13.7. The van der Waals surface area contributed by atoms with Crippen LogP contribution in [0.1, 0.15) is 43.7 Å². The van der Waals surface area contributed by atoms with Crippen LogP contribution in [0.4, 0.5) is 0 Å². The number of esters is 1. The average molecular weight is 470 g/mol. The van der Waals surface area contributed by atoms with Gasteiger partial charge in [-0.2, -0.15) is 0 Å². The van der Waals surface area contributed by atoms with E-state index in [4.69, 9.17) is 28.4 Å². The third kappa shape index (κ3) is 3.60. The minimum Gasteiger partial charge on any atom is -0.497 e. The molecule has 0 radical (unpaired) electrons. The van der Waals surface area contributed by atoms with Gasteiger partial charge in [0.25, 0.3) is 0 Å². The van der Waals surface area contributed by atoms with Crippen LogP contribution in [-0.2, 0) is 9.53 Å². The molecule has 182 valence electrons. The summed E-state index contributed by atoms with van der Waals surface area (Å²) < 4.78 is 34.9. The van der Waals surface area contributed by atoms with Gasteiger partial charge in [-0.05, 0) is 38.8 Å². The number of benzene rings is 2. The standard InChI is InChI=1S/C26H31NO7/c1-5-31-25(28)24-23(17-9-8-16(29-3)12-19(17)30-4)18-13-21-22(33-15-32-21)14-20(18)34-26(24,2)27-10-6-7-11-27/h8-9,12-14,23-24H,5-7,10-11,15H2,1-4H3/t23-,24+,26-/m1/s1. The number of hydrogen-bond acceptors (Lipinski definition) is 8. The van der Waals surface area contributed by atoms with Gasteiger partial charge in [-0.25, -0.2) is 0 Å². The molecule has 0 aromatic heterocycles. The Hall–Kier alpha value is -3.13. The predicted octanol–water partition coefficient (Wildman–Crippen LogP) is 3.95. The molecule has 3 heterocycles. The van der Waals surface area contributed by atoms with E-state index in [1.807, 2.05) is 44.2 Å². The van der Waals surface area contributed by atoms with Gasteiger partial charge in [-0.1, -0.05) is 6.07 Å². The Bertz CT molecular complexity index is 1080. The van der Waals surface area contributed by atoms with Gasteiger partial charge in [0, 0.05) is 42.3 Å². The Morgan fingerprint density at radius 2 is 1.76 bits per heavy atom. The largest absolute Gasteiger partial charge is 0.497 e. The van der Waals surface area contributed by atoms with Crippen molar-refractivity contribution in [1.29, 1.82) is 0 Å². The van der Waals surface area contributed by atoms with Crippen LogP contribution < -0.4 is 23.7 Å². The van der Waals surface area contributed by atoms with Crippen molar-refractivity contribution >= 4 is 5.97 Å². The second-order valence-corrected chi connectivity index (χ2v) is 8.91. The molecule has 0 saturated carbocycles. The molecule has 3 aliphatic rings. The Balaban J connectivity index is 1.75. The molecule has 0 bridgehead atoms. The number of carbonyl (C=O) groups excluding carboxylic acids is 1. The first-order chi connectivity index (χ1) is 16.5. The number of hydrogen-bond donors (Lipinski definition) is 0. The van der Waals surface area contributed by atoms with E-state index in [1.165, 1.54) is 0 Å². The summed E-state index contributed by atoms with van der Waals surface area (Å²) in [4.78, 5) is 15.9. The minimum absolute atomic E-state index is 0.152. The van der Waals surface area contributed by atoms with Crippen LogP contribution in [0.2, 0.25) is 0 Å². The topological polar surface area (TPSA) is 75.7 Å². The zero-order chi connectivity index (χ0) is 23.9. The Kier molecular flexibility index (Phi) is 5.93. The van der Waals surface area contributed by atoms with Gasteiger partial charge in [0.1, 0.15) is 23.2 Å². The van der Waals surface area contributed by atoms with Crippen molar-refractivity contribution in [1.82, 2.24) is 4.90 Å². The summed E-state index contributed by atoms with van der Waals surface area (Å²) in [5.41, 5.74) is 0.775. The zero-order valence-corrected chi connectivity index (χ0v) is 20.1. The highest BCUT2D eigenvalue weighted by molar-refractivity contribution is 5.78. The molecule has 1 saturated heterocycles. The van der Waals surface area contributed by atoms with Gasteiger partial charge < -0.3 is 28.4 Å². The molecule has 5 rings (SSSR count). The van der Waals surface area contributed by atoms with Crippen molar-refractivity contribution in [3.8, 4) is 28.7 Å². The molecule has 1 fully saturated rings. The molecule has 3 atom stereocenters. The number of methoxy groups -OCH3 is 2. The lowest BCUT2D eigenvalue weighted by Gasteiger charge is -2.49. The summed E-state index contributed by atoms with van der Waals surface area (Å²) in [7, 11) is 3.24. The molecule has 34 heavy (non-hydrogen) atoms. The van der Waals surface area contributed by atoms with Gasteiger partial charge in [0.2, 0.25) is 6.79 Å². The number of ether oxygens (including phenoxy) is 6. The van der Waals surface area contributed by atoms with Gasteiger partial charge in [-0.3, -0.25) is 9.69 Å². The van der Waals surface area contributed by atoms with Crippen LogP contribution >= 0.6 is 0 Å². The first-order valence-corrected chi connectivity index (χ1v) is 11.8. The second-order valence-electron chi connectivity index (χ2n) is 8.91. The molecule has 0 spiro atoms. The van der Waals surface area contributed by atoms with E-state index < -0.39 is 17.6 Å². The molecule has 8 heteroatoms. The van der Waals surface area contributed by atoms with E-state index in [1.54, 1.807) is 14.2 Å². The number of carbonyl (C=O) groups is 1. The summed E-state index contributed by atoms with van der Waals surface area (Å²) >= 11 is 0. The van der Waals surface area contributed by atoms with E-state index in [0.717, 1.165) is 37.1 Å². The quantitative estimate of drug-likeness (QED) is 0.589. The molecule has 2 aromatic rings. The summed E-state index contributed by atoms with van der Waals surface area (Å²) in [6.07, 6.45) is 2.11. The van der Waals surface area contributed by atoms with Gasteiger partial charge >= 0.3 is 5.97 Å². The van der Waals surface area contributed by atoms with Crippen LogP contribution in [0.3, 0.4) is 0 Å². The lowest BCUT2D eigenvalue weighted by Crippen LogP contribution is -2.61. The molecule has 0 unspecified atom stereocenters. The third-order valence-corrected chi connectivity index (χ3v) is 7.12. The van der Waals surface area contributed by atoms with Gasteiger partial charge in [-0.15, -0.1) is 0 Å². The second kappa shape index (κ2) is 8.91.